The molecule has 0 aromatic carbocycles. The largest absolute Gasteiger partial charge is 0.501 e. The smallest absolute Gasteiger partial charge is 0.358 e. The number of carboxylic acids is 1. The molecule has 8 nitrogen and oxygen atoms in total. The summed E-state index contributed by atoms with van der Waals surface area (Å²) in [6, 6.07) is 1.47. The van der Waals surface area contributed by atoms with Crippen LogP contribution in [0.15, 0.2) is 15.4 Å². The molecular formula is C9H7N3O5. The topological polar surface area (TPSA) is 129 Å². The van der Waals surface area contributed by atoms with Gasteiger partial charge in [-0.25, -0.2) is 9.78 Å². The number of aromatic hydroxyl groups is 1. The van der Waals surface area contributed by atoms with Gasteiger partial charge in [0.1, 0.15) is 11.5 Å². The number of nitrogens with one attached hydrogen (secondary N) is 1. The minimum Gasteiger partial charge on any atom is -0.501 e. The van der Waals surface area contributed by atoms with Gasteiger partial charge in [0.05, 0.1) is 0 Å². The van der Waals surface area contributed by atoms with Crippen molar-refractivity contribution in [2.75, 3.05) is 0 Å². The van der Waals surface area contributed by atoms with Gasteiger partial charge >= 0.3 is 5.97 Å². The Bertz CT molecular complexity index is 642. The van der Waals surface area contributed by atoms with Crippen molar-refractivity contribution in [1.82, 2.24) is 15.1 Å². The van der Waals surface area contributed by atoms with Crippen molar-refractivity contribution < 1.29 is 19.5 Å². The molecule has 0 aliphatic rings. The Labute approximate surface area is 93.5 Å². The number of aromatic nitrogens is 3. The number of nitrogens with zero attached hydrogens (tertiary/aromatic N) is 2. The molecule has 0 atom stereocenters. The van der Waals surface area contributed by atoms with Crippen LogP contribution in [0.1, 0.15) is 16.2 Å². The number of carboxylic acid groups (broad SMARTS) is 1. The molecule has 0 saturated carbocycles. The lowest BCUT2D eigenvalue weighted by Gasteiger charge is -1.99. The molecule has 0 bridgehead atoms. The van der Waals surface area contributed by atoms with Crippen molar-refractivity contribution in [1.29, 1.82) is 0 Å². The Morgan fingerprint density at radius 3 is 2.76 bits per heavy atom. The van der Waals surface area contributed by atoms with Gasteiger partial charge < -0.3 is 19.7 Å². The molecule has 17 heavy (non-hydrogen) atoms. The summed E-state index contributed by atoms with van der Waals surface area (Å²) < 4.78 is 4.77. The predicted octanol–water partition coefficient (Wildman–Crippen LogP) is 0.137. The lowest BCUT2D eigenvalue weighted by molar-refractivity contribution is 0.0686. The van der Waals surface area contributed by atoms with Crippen LogP contribution in [0.25, 0.3) is 11.5 Å². The van der Waals surface area contributed by atoms with E-state index in [4.69, 9.17) is 9.63 Å². The second-order valence-corrected chi connectivity index (χ2v) is 3.24. The van der Waals surface area contributed by atoms with E-state index < -0.39 is 23.0 Å². The summed E-state index contributed by atoms with van der Waals surface area (Å²) >= 11 is 0. The van der Waals surface area contributed by atoms with Crippen LogP contribution in [0.3, 0.4) is 0 Å². The number of hydrogen-bond acceptors (Lipinski definition) is 6. The average Bonchev–Trinajstić information content (AvgIpc) is 2.68. The van der Waals surface area contributed by atoms with Gasteiger partial charge in [0.2, 0.25) is 5.75 Å². The van der Waals surface area contributed by atoms with Crippen molar-refractivity contribution in [3.63, 3.8) is 0 Å². The predicted molar refractivity (Wildman–Crippen MR) is 53.7 cm³/mol. The van der Waals surface area contributed by atoms with E-state index >= 15 is 0 Å². The number of aromatic amines is 1. The van der Waals surface area contributed by atoms with E-state index in [1.807, 2.05) is 0 Å². The summed E-state index contributed by atoms with van der Waals surface area (Å²) in [6.07, 6.45) is 0. The summed E-state index contributed by atoms with van der Waals surface area (Å²) in [7, 11) is 0. The van der Waals surface area contributed by atoms with Crippen molar-refractivity contribution in [3.8, 4) is 17.3 Å². The maximum Gasteiger partial charge on any atom is 0.358 e. The Kier molecular flexibility index (Phi) is 2.39. The quantitative estimate of drug-likeness (QED) is 0.677. The normalized spacial score (nSPS) is 10.4. The maximum absolute atomic E-state index is 11.3. The first-order chi connectivity index (χ1) is 7.99. The molecule has 0 unspecified atom stereocenters. The molecule has 0 spiro atoms. The zero-order valence-corrected chi connectivity index (χ0v) is 8.59. The zero-order chi connectivity index (χ0) is 12.6. The zero-order valence-electron chi connectivity index (χ0n) is 8.59. The van der Waals surface area contributed by atoms with E-state index in [0.29, 0.717) is 5.76 Å². The highest BCUT2D eigenvalue weighted by Crippen LogP contribution is 2.16. The van der Waals surface area contributed by atoms with E-state index in [9.17, 15) is 14.7 Å². The first kappa shape index (κ1) is 10.9. The number of aromatic carboxylic acids is 1. The van der Waals surface area contributed by atoms with Crippen molar-refractivity contribution in [2.24, 2.45) is 0 Å². The second-order valence-electron chi connectivity index (χ2n) is 3.24. The number of carbonyl (C=O) groups is 1. The van der Waals surface area contributed by atoms with Crippen LogP contribution in [-0.2, 0) is 0 Å². The lowest BCUT2D eigenvalue weighted by Crippen LogP contribution is -2.15. The Morgan fingerprint density at radius 2 is 2.24 bits per heavy atom. The standard InChI is InChI=1S/C9H7N3O5/c1-3-2-4(12-17-3)7-10-5(9(15)16)6(13)8(14)11-7/h2,13H,1H3,(H,15,16)(H,10,11,14). The summed E-state index contributed by atoms with van der Waals surface area (Å²) in [5.74, 6) is -2.05. The fraction of sp³-hybridized carbons (Fsp3) is 0.111. The third kappa shape index (κ3) is 1.87. The highest BCUT2D eigenvalue weighted by atomic mass is 16.5. The van der Waals surface area contributed by atoms with Crippen LogP contribution in [-0.4, -0.2) is 31.3 Å². The summed E-state index contributed by atoms with van der Waals surface area (Å²) in [5.41, 5.74) is -1.50. The Balaban J connectivity index is 2.65. The van der Waals surface area contributed by atoms with Gasteiger partial charge in [-0.05, 0) is 6.92 Å². The molecule has 0 radical (unpaired) electrons. The molecule has 0 aliphatic carbocycles. The highest BCUT2D eigenvalue weighted by Gasteiger charge is 2.18. The van der Waals surface area contributed by atoms with Gasteiger partial charge in [-0.2, -0.15) is 0 Å². The molecule has 2 heterocycles. The van der Waals surface area contributed by atoms with Gasteiger partial charge in [-0.15, -0.1) is 0 Å². The third-order valence-corrected chi connectivity index (χ3v) is 1.97. The molecule has 3 N–H and O–H groups in total. The van der Waals surface area contributed by atoms with Gasteiger partial charge in [0, 0.05) is 6.07 Å². The molecule has 8 heteroatoms. The number of hydrogen-bond donors (Lipinski definition) is 3. The van der Waals surface area contributed by atoms with Crippen molar-refractivity contribution >= 4 is 5.97 Å². The minimum atomic E-state index is -1.50. The highest BCUT2D eigenvalue weighted by molar-refractivity contribution is 5.88. The molecule has 2 rings (SSSR count). The van der Waals surface area contributed by atoms with Crippen LogP contribution < -0.4 is 5.56 Å². The SMILES string of the molecule is Cc1cc(-c2nc(C(=O)O)c(O)c(=O)[nH]2)no1. The molecule has 0 fully saturated rings. The van der Waals surface area contributed by atoms with Crippen molar-refractivity contribution in [3.05, 3.63) is 27.9 Å². The van der Waals surface area contributed by atoms with E-state index in [0.717, 1.165) is 0 Å². The van der Waals surface area contributed by atoms with Crippen molar-refractivity contribution in [2.45, 2.75) is 6.92 Å². The Hall–Kier alpha value is -2.64. The van der Waals surface area contributed by atoms with E-state index in [2.05, 4.69) is 15.1 Å². The van der Waals surface area contributed by atoms with E-state index in [-0.39, 0.29) is 11.5 Å². The maximum atomic E-state index is 11.3. The van der Waals surface area contributed by atoms with Crippen LogP contribution in [0.4, 0.5) is 0 Å². The van der Waals surface area contributed by atoms with Gasteiger partial charge in [-0.3, -0.25) is 4.79 Å². The second kappa shape index (κ2) is 3.74. The van der Waals surface area contributed by atoms with Crippen LogP contribution in [0.2, 0.25) is 0 Å². The third-order valence-electron chi connectivity index (χ3n) is 1.97. The van der Waals surface area contributed by atoms with Crippen LogP contribution in [0.5, 0.6) is 5.75 Å². The molecule has 88 valence electrons. The van der Waals surface area contributed by atoms with Gasteiger partial charge in [0.25, 0.3) is 5.56 Å². The average molecular weight is 237 g/mol. The number of aryl methyl sites for hydroxylation is 1. The summed E-state index contributed by atoms with van der Waals surface area (Å²) in [5, 5.41) is 21.5. The molecule has 2 aromatic heterocycles. The lowest BCUT2D eigenvalue weighted by atomic mass is 10.3. The van der Waals surface area contributed by atoms with E-state index in [1.54, 1.807) is 6.92 Å². The van der Waals surface area contributed by atoms with E-state index in [1.165, 1.54) is 6.07 Å². The Morgan fingerprint density at radius 1 is 1.53 bits per heavy atom. The number of rotatable bonds is 2. The minimum absolute atomic E-state index is 0.0814. The summed E-state index contributed by atoms with van der Waals surface area (Å²) in [4.78, 5) is 27.8. The molecule has 0 amide bonds. The molecular weight excluding hydrogens is 230 g/mol. The first-order valence-electron chi connectivity index (χ1n) is 4.49. The fourth-order valence-electron chi connectivity index (χ4n) is 1.22. The monoisotopic (exact) mass is 237 g/mol. The molecule has 0 saturated heterocycles. The van der Waals surface area contributed by atoms with Crippen LogP contribution in [0, 0.1) is 6.92 Å². The molecule has 0 aliphatic heterocycles. The molecule has 2 aromatic rings. The van der Waals surface area contributed by atoms with Gasteiger partial charge in [-0.1, -0.05) is 5.16 Å². The fourth-order valence-corrected chi connectivity index (χ4v) is 1.22. The van der Waals surface area contributed by atoms with Crippen LogP contribution >= 0.6 is 0 Å². The summed E-state index contributed by atoms with van der Waals surface area (Å²) in [6.45, 7) is 1.63. The number of H-pyrrole nitrogens is 1. The first-order valence-corrected chi connectivity index (χ1v) is 4.49. The van der Waals surface area contributed by atoms with Gasteiger partial charge in [0.15, 0.2) is 11.5 Å².